The zero-order chi connectivity index (χ0) is 24.4. The van der Waals surface area contributed by atoms with E-state index in [1.165, 1.54) is 5.57 Å². The molecule has 3 aromatic rings. The molecule has 1 aromatic heterocycles. The van der Waals surface area contributed by atoms with Crippen LogP contribution in [0.4, 0.5) is 0 Å². The summed E-state index contributed by atoms with van der Waals surface area (Å²) in [6, 6.07) is 9.53. The number of allylic oxidation sites excluding steroid dienone is 3. The third-order valence-electron chi connectivity index (χ3n) is 7.16. The van der Waals surface area contributed by atoms with Crippen LogP contribution in [-0.4, -0.2) is 20.7 Å². The van der Waals surface area contributed by atoms with Crippen LogP contribution in [0.25, 0.3) is 10.8 Å². The Hall–Kier alpha value is -3.27. The van der Waals surface area contributed by atoms with Crippen LogP contribution in [-0.2, 0) is 6.42 Å². The normalized spacial score (nSPS) is 18.1. The number of unbranched alkanes of at least 4 members (excludes halogenated alkanes) is 2. The Kier molecular flexibility index (Phi) is 6.97. The Morgan fingerprint density at radius 2 is 1.82 bits per heavy atom. The van der Waals surface area contributed by atoms with Crippen molar-refractivity contribution in [1.82, 2.24) is 4.57 Å². The molecule has 0 aliphatic heterocycles. The van der Waals surface area contributed by atoms with Gasteiger partial charge in [0.15, 0.2) is 0 Å². The average molecular weight is 458 g/mol. The summed E-state index contributed by atoms with van der Waals surface area (Å²) >= 11 is 0. The maximum atomic E-state index is 13.8. The van der Waals surface area contributed by atoms with E-state index in [-0.39, 0.29) is 29.2 Å². The first kappa shape index (κ1) is 23.9. The highest BCUT2D eigenvalue weighted by Gasteiger charge is 2.33. The molecular weight excluding hydrogens is 422 g/mol. The van der Waals surface area contributed by atoms with Crippen molar-refractivity contribution in [3.63, 3.8) is 0 Å². The molecule has 0 amide bonds. The van der Waals surface area contributed by atoms with E-state index in [0.717, 1.165) is 48.4 Å². The highest BCUT2D eigenvalue weighted by molar-refractivity contribution is 6.03. The van der Waals surface area contributed by atoms with Crippen LogP contribution in [0.2, 0.25) is 0 Å². The Morgan fingerprint density at radius 3 is 2.44 bits per heavy atom. The monoisotopic (exact) mass is 457 g/mol. The molecule has 4 heteroatoms. The molecule has 178 valence electrons. The van der Waals surface area contributed by atoms with Gasteiger partial charge in [0.2, 0.25) is 0 Å². The highest BCUT2D eigenvalue weighted by atomic mass is 16.3. The van der Waals surface area contributed by atoms with E-state index in [9.17, 15) is 15.0 Å². The van der Waals surface area contributed by atoms with Gasteiger partial charge in [-0.15, -0.1) is 0 Å². The molecule has 34 heavy (non-hydrogen) atoms. The van der Waals surface area contributed by atoms with Crippen LogP contribution in [0.1, 0.15) is 80.3 Å². The second kappa shape index (κ2) is 9.92. The van der Waals surface area contributed by atoms with Crippen LogP contribution in [0.3, 0.4) is 0 Å². The van der Waals surface area contributed by atoms with E-state index in [4.69, 9.17) is 0 Å². The lowest BCUT2D eigenvalue weighted by molar-refractivity contribution is 0.0956. The minimum Gasteiger partial charge on any atom is -0.507 e. The number of benzene rings is 2. The van der Waals surface area contributed by atoms with E-state index >= 15 is 0 Å². The minimum atomic E-state index is -0.273. The van der Waals surface area contributed by atoms with Crippen LogP contribution >= 0.6 is 0 Å². The van der Waals surface area contributed by atoms with Gasteiger partial charge >= 0.3 is 0 Å². The standard InChI is InChI=1S/C30H35NO3/c1-5-6-7-10-21-16-26(32)28(25-15-20(4)13-14-24(25)19(2)3)29(33)27(21)30(34)31-17-22-11-8-9-12-23(22)18-31/h8-9,11-12,15-18,24-25,32-33H,2,5-7,10,13-14H2,1,3-4H3. The molecule has 0 saturated carbocycles. The number of fused-ring (bicyclic) bond motifs is 1. The SMILES string of the molecule is C=C(C)C1CCC(C)=CC1c1c(O)cc(CCCCC)c(C(=O)n2cc3ccccc3c2)c1O. The molecule has 2 aromatic carbocycles. The van der Waals surface area contributed by atoms with Gasteiger partial charge in [-0.25, -0.2) is 0 Å². The maximum absolute atomic E-state index is 13.8. The summed E-state index contributed by atoms with van der Waals surface area (Å²) in [4.78, 5) is 13.8. The Bertz CT molecular complexity index is 1230. The number of phenols is 2. The number of rotatable bonds is 7. The molecule has 2 atom stereocenters. The van der Waals surface area contributed by atoms with Crippen molar-refractivity contribution < 1.29 is 15.0 Å². The van der Waals surface area contributed by atoms with Gasteiger partial charge in [-0.3, -0.25) is 9.36 Å². The van der Waals surface area contributed by atoms with Gasteiger partial charge in [0, 0.05) is 23.9 Å². The first-order valence-corrected chi connectivity index (χ1v) is 12.3. The van der Waals surface area contributed by atoms with Gasteiger partial charge in [0.25, 0.3) is 5.91 Å². The molecular formula is C30H35NO3. The van der Waals surface area contributed by atoms with Crippen LogP contribution in [0.15, 0.2) is 66.5 Å². The van der Waals surface area contributed by atoms with Crippen molar-refractivity contribution in [3.8, 4) is 11.5 Å². The van der Waals surface area contributed by atoms with Gasteiger partial charge in [-0.2, -0.15) is 0 Å². The lowest BCUT2D eigenvalue weighted by atomic mass is 9.73. The van der Waals surface area contributed by atoms with Crippen molar-refractivity contribution in [2.24, 2.45) is 5.92 Å². The van der Waals surface area contributed by atoms with Crippen molar-refractivity contribution in [2.75, 3.05) is 0 Å². The second-order valence-electron chi connectivity index (χ2n) is 9.78. The molecule has 2 N–H and O–H groups in total. The van der Waals surface area contributed by atoms with E-state index in [2.05, 4.69) is 26.5 Å². The van der Waals surface area contributed by atoms with E-state index in [1.807, 2.05) is 31.2 Å². The molecule has 0 radical (unpaired) electrons. The predicted octanol–water partition coefficient (Wildman–Crippen LogP) is 7.49. The second-order valence-corrected chi connectivity index (χ2v) is 9.78. The fraction of sp³-hybridized carbons (Fsp3) is 0.367. The summed E-state index contributed by atoms with van der Waals surface area (Å²) < 4.78 is 1.56. The average Bonchev–Trinajstić information content (AvgIpc) is 3.23. The molecule has 4 nitrogen and oxygen atoms in total. The Morgan fingerprint density at radius 1 is 1.15 bits per heavy atom. The molecule has 0 fully saturated rings. The third-order valence-corrected chi connectivity index (χ3v) is 7.16. The highest BCUT2D eigenvalue weighted by Crippen LogP contribution is 2.48. The van der Waals surface area contributed by atoms with Gasteiger partial charge in [-0.05, 0) is 67.9 Å². The topological polar surface area (TPSA) is 62.5 Å². The van der Waals surface area contributed by atoms with E-state index in [1.54, 1.807) is 23.0 Å². The minimum absolute atomic E-state index is 0.0559. The number of carbonyl (C=O) groups is 1. The smallest absolute Gasteiger partial charge is 0.265 e. The van der Waals surface area contributed by atoms with E-state index in [0.29, 0.717) is 23.1 Å². The largest absolute Gasteiger partial charge is 0.507 e. The molecule has 0 saturated heterocycles. The zero-order valence-electron chi connectivity index (χ0n) is 20.5. The number of aromatic hydroxyl groups is 2. The molecule has 1 heterocycles. The first-order valence-electron chi connectivity index (χ1n) is 12.3. The summed E-state index contributed by atoms with van der Waals surface area (Å²) in [5, 5.41) is 24.7. The van der Waals surface area contributed by atoms with Crippen molar-refractivity contribution in [3.05, 3.63) is 83.2 Å². The fourth-order valence-electron chi connectivity index (χ4n) is 5.29. The quantitative estimate of drug-likeness (QED) is 0.285. The van der Waals surface area contributed by atoms with E-state index < -0.39 is 0 Å². The molecule has 4 rings (SSSR count). The lowest BCUT2D eigenvalue weighted by Crippen LogP contribution is -2.19. The number of hydrogen-bond acceptors (Lipinski definition) is 3. The van der Waals surface area contributed by atoms with Gasteiger partial charge in [0.1, 0.15) is 11.5 Å². The lowest BCUT2D eigenvalue weighted by Gasteiger charge is -2.32. The van der Waals surface area contributed by atoms with Gasteiger partial charge in [0.05, 0.1) is 5.56 Å². The predicted molar refractivity (Wildman–Crippen MR) is 139 cm³/mol. The summed E-state index contributed by atoms with van der Waals surface area (Å²) in [6.45, 7) is 10.4. The zero-order valence-corrected chi connectivity index (χ0v) is 20.5. The van der Waals surface area contributed by atoms with Gasteiger partial charge < -0.3 is 10.2 Å². The molecule has 2 unspecified atom stereocenters. The maximum Gasteiger partial charge on any atom is 0.265 e. The summed E-state index contributed by atoms with van der Waals surface area (Å²) in [5.41, 5.74) is 3.66. The van der Waals surface area contributed by atoms with Crippen molar-refractivity contribution >= 4 is 16.7 Å². The Labute approximate surface area is 202 Å². The van der Waals surface area contributed by atoms with Crippen molar-refractivity contribution in [2.45, 2.75) is 65.2 Å². The summed E-state index contributed by atoms with van der Waals surface area (Å²) in [6.07, 6.45) is 11.2. The van der Waals surface area contributed by atoms with Gasteiger partial charge in [-0.1, -0.05) is 67.8 Å². The molecule has 0 spiro atoms. The number of hydrogen-bond donors (Lipinski definition) is 2. The Balaban J connectivity index is 1.88. The number of aryl methyl sites for hydroxylation is 1. The number of phenolic OH excluding ortho intramolecular Hbond substituents is 2. The molecule has 1 aliphatic carbocycles. The van der Waals surface area contributed by atoms with Crippen LogP contribution in [0, 0.1) is 5.92 Å². The summed E-state index contributed by atoms with van der Waals surface area (Å²) in [5.74, 6) is -0.434. The molecule has 0 bridgehead atoms. The van der Waals surface area contributed by atoms with Crippen molar-refractivity contribution in [1.29, 1.82) is 0 Å². The number of carbonyl (C=O) groups excluding carboxylic acids is 1. The first-order chi connectivity index (χ1) is 16.3. The third kappa shape index (κ3) is 4.54. The fourth-order valence-corrected chi connectivity index (χ4v) is 5.29. The number of aromatic nitrogens is 1. The molecule has 1 aliphatic rings. The number of nitrogens with zero attached hydrogens (tertiary/aromatic N) is 1. The van der Waals surface area contributed by atoms with Crippen LogP contribution < -0.4 is 0 Å². The summed E-state index contributed by atoms with van der Waals surface area (Å²) in [7, 11) is 0. The van der Waals surface area contributed by atoms with Crippen LogP contribution in [0.5, 0.6) is 11.5 Å².